The quantitative estimate of drug-likeness (QED) is 0.871. The maximum absolute atomic E-state index is 10.9. The zero-order chi connectivity index (χ0) is 13.8. The van der Waals surface area contributed by atoms with Gasteiger partial charge in [0, 0.05) is 24.8 Å². The number of halogens is 1. The third-order valence-electron chi connectivity index (χ3n) is 3.52. The molecule has 4 nitrogen and oxygen atoms in total. The van der Waals surface area contributed by atoms with E-state index in [-0.39, 0.29) is 10.6 Å². The summed E-state index contributed by atoms with van der Waals surface area (Å²) in [6.07, 6.45) is 2.40. The van der Waals surface area contributed by atoms with Gasteiger partial charge in [0.25, 0.3) is 0 Å². The average Bonchev–Trinajstić information content (AvgIpc) is 2.83. The predicted molar refractivity (Wildman–Crippen MR) is 75.0 cm³/mol. The Kier molecular flexibility index (Phi) is 4.66. The highest BCUT2D eigenvalue weighted by Gasteiger charge is 2.26. The highest BCUT2D eigenvalue weighted by atomic mass is 35.5. The van der Waals surface area contributed by atoms with Gasteiger partial charge in [0.15, 0.2) is 0 Å². The molecule has 2 N–H and O–H groups in total. The summed E-state index contributed by atoms with van der Waals surface area (Å²) in [6, 6.07) is 4.92. The van der Waals surface area contributed by atoms with Crippen LogP contribution in [0.4, 0.5) is 5.69 Å². The van der Waals surface area contributed by atoms with E-state index in [2.05, 4.69) is 12.2 Å². The van der Waals surface area contributed by atoms with Gasteiger partial charge in [0.2, 0.25) is 0 Å². The van der Waals surface area contributed by atoms with Crippen molar-refractivity contribution in [3.05, 3.63) is 28.8 Å². The highest BCUT2D eigenvalue weighted by Crippen LogP contribution is 2.25. The van der Waals surface area contributed by atoms with E-state index in [0.29, 0.717) is 12.0 Å². The molecule has 5 heteroatoms. The Balaban J connectivity index is 1.96. The summed E-state index contributed by atoms with van der Waals surface area (Å²) in [4.78, 5) is 10.9. The monoisotopic (exact) mass is 283 g/mol. The predicted octanol–water partition coefficient (Wildman–Crippen LogP) is 3.27. The average molecular weight is 284 g/mol. The summed E-state index contributed by atoms with van der Waals surface area (Å²) in [6.45, 7) is 3.77. The molecular formula is C14H18ClNO3. The van der Waals surface area contributed by atoms with Gasteiger partial charge in [0.1, 0.15) is 0 Å². The van der Waals surface area contributed by atoms with Crippen LogP contribution in [-0.4, -0.2) is 30.3 Å². The first-order valence-electron chi connectivity index (χ1n) is 6.50. The van der Waals surface area contributed by atoms with Gasteiger partial charge in [-0.15, -0.1) is 0 Å². The van der Waals surface area contributed by atoms with Gasteiger partial charge in [0.05, 0.1) is 16.7 Å². The zero-order valence-electron chi connectivity index (χ0n) is 10.9. The number of aromatic carboxylic acids is 1. The van der Waals surface area contributed by atoms with E-state index in [1.165, 1.54) is 6.07 Å². The van der Waals surface area contributed by atoms with Crippen LogP contribution in [0, 0.1) is 5.92 Å². The molecule has 1 fully saturated rings. The number of ether oxygens (including phenoxy) is 1. The van der Waals surface area contributed by atoms with Gasteiger partial charge in [-0.25, -0.2) is 4.79 Å². The summed E-state index contributed by atoms with van der Waals surface area (Å²) in [5, 5.41) is 12.5. The Morgan fingerprint density at radius 1 is 1.58 bits per heavy atom. The largest absolute Gasteiger partial charge is 0.478 e. The number of hydrogen-bond acceptors (Lipinski definition) is 3. The molecule has 1 aliphatic rings. The molecule has 2 rings (SSSR count). The van der Waals surface area contributed by atoms with E-state index < -0.39 is 5.97 Å². The van der Waals surface area contributed by atoms with Crippen LogP contribution < -0.4 is 5.32 Å². The SMILES string of the molecule is CCC1OCCC1CNc1ccc(C(=O)O)c(Cl)c1. The Hall–Kier alpha value is -1.26. The summed E-state index contributed by atoms with van der Waals surface area (Å²) in [7, 11) is 0. The minimum atomic E-state index is -1.01. The number of rotatable bonds is 5. The Morgan fingerprint density at radius 3 is 3.00 bits per heavy atom. The smallest absolute Gasteiger partial charge is 0.337 e. The van der Waals surface area contributed by atoms with E-state index in [9.17, 15) is 4.79 Å². The van der Waals surface area contributed by atoms with Crippen molar-refractivity contribution in [1.29, 1.82) is 0 Å². The fourth-order valence-electron chi connectivity index (χ4n) is 2.42. The van der Waals surface area contributed by atoms with Crippen molar-refractivity contribution >= 4 is 23.3 Å². The molecule has 19 heavy (non-hydrogen) atoms. The summed E-state index contributed by atoms with van der Waals surface area (Å²) in [5.41, 5.74) is 0.972. The van der Waals surface area contributed by atoms with Crippen molar-refractivity contribution in [1.82, 2.24) is 0 Å². The van der Waals surface area contributed by atoms with E-state index in [1.807, 2.05) is 0 Å². The molecule has 0 amide bonds. The molecule has 2 unspecified atom stereocenters. The van der Waals surface area contributed by atoms with Gasteiger partial charge in [-0.1, -0.05) is 18.5 Å². The zero-order valence-corrected chi connectivity index (χ0v) is 11.6. The molecule has 1 saturated heterocycles. The fraction of sp³-hybridized carbons (Fsp3) is 0.500. The van der Waals surface area contributed by atoms with E-state index >= 15 is 0 Å². The summed E-state index contributed by atoms with van der Waals surface area (Å²) < 4.78 is 5.63. The third-order valence-corrected chi connectivity index (χ3v) is 3.83. The molecular weight excluding hydrogens is 266 g/mol. The molecule has 1 aromatic rings. The molecule has 1 aliphatic heterocycles. The van der Waals surface area contributed by atoms with E-state index in [4.69, 9.17) is 21.4 Å². The Labute approximate surface area is 117 Å². The Morgan fingerprint density at radius 2 is 2.37 bits per heavy atom. The topological polar surface area (TPSA) is 58.6 Å². The van der Waals surface area contributed by atoms with Crippen LogP contribution in [0.25, 0.3) is 0 Å². The van der Waals surface area contributed by atoms with Crippen molar-refractivity contribution in [2.45, 2.75) is 25.9 Å². The number of carbonyl (C=O) groups is 1. The molecule has 0 radical (unpaired) electrons. The lowest BCUT2D eigenvalue weighted by molar-refractivity contribution is 0.0697. The maximum Gasteiger partial charge on any atom is 0.337 e. The molecule has 0 spiro atoms. The van der Waals surface area contributed by atoms with Crippen molar-refractivity contribution in [3.8, 4) is 0 Å². The molecule has 1 aromatic carbocycles. The number of anilines is 1. The van der Waals surface area contributed by atoms with E-state index in [0.717, 1.165) is 31.7 Å². The van der Waals surface area contributed by atoms with Crippen LogP contribution in [0.1, 0.15) is 30.1 Å². The lowest BCUT2D eigenvalue weighted by atomic mass is 9.99. The van der Waals surface area contributed by atoms with Gasteiger partial charge < -0.3 is 15.2 Å². The molecule has 0 aromatic heterocycles. The highest BCUT2D eigenvalue weighted by molar-refractivity contribution is 6.33. The van der Waals surface area contributed by atoms with Crippen LogP contribution in [0.5, 0.6) is 0 Å². The first-order valence-corrected chi connectivity index (χ1v) is 6.88. The maximum atomic E-state index is 10.9. The number of benzene rings is 1. The molecule has 1 heterocycles. The second-order valence-electron chi connectivity index (χ2n) is 4.75. The molecule has 0 aliphatic carbocycles. The van der Waals surface area contributed by atoms with Gasteiger partial charge in [-0.05, 0) is 31.0 Å². The molecule has 0 bridgehead atoms. The minimum Gasteiger partial charge on any atom is -0.478 e. The van der Waals surface area contributed by atoms with Crippen LogP contribution in [0.2, 0.25) is 5.02 Å². The van der Waals surface area contributed by atoms with Gasteiger partial charge >= 0.3 is 5.97 Å². The first-order chi connectivity index (χ1) is 9.11. The first kappa shape index (κ1) is 14.2. The number of carboxylic acid groups (broad SMARTS) is 1. The minimum absolute atomic E-state index is 0.128. The van der Waals surface area contributed by atoms with Crippen LogP contribution in [0.3, 0.4) is 0 Å². The van der Waals surface area contributed by atoms with Crippen molar-refractivity contribution < 1.29 is 14.6 Å². The van der Waals surface area contributed by atoms with Crippen molar-refractivity contribution in [2.24, 2.45) is 5.92 Å². The van der Waals surface area contributed by atoms with Crippen LogP contribution in [0.15, 0.2) is 18.2 Å². The summed E-state index contributed by atoms with van der Waals surface area (Å²) in [5.74, 6) is -0.505. The molecule has 0 saturated carbocycles. The fourth-order valence-corrected chi connectivity index (χ4v) is 2.69. The molecule has 104 valence electrons. The van der Waals surface area contributed by atoms with Gasteiger partial charge in [-0.3, -0.25) is 0 Å². The third kappa shape index (κ3) is 3.39. The van der Waals surface area contributed by atoms with E-state index in [1.54, 1.807) is 12.1 Å². The van der Waals surface area contributed by atoms with Crippen LogP contribution in [-0.2, 0) is 4.74 Å². The second kappa shape index (κ2) is 6.26. The Bertz CT molecular complexity index is 464. The standard InChI is InChI=1S/C14H18ClNO3/c1-2-13-9(5-6-19-13)8-16-10-3-4-11(14(17)18)12(15)7-10/h3-4,7,9,13,16H,2,5-6,8H2,1H3,(H,17,18). The summed E-state index contributed by atoms with van der Waals surface area (Å²) >= 11 is 5.93. The number of hydrogen-bond donors (Lipinski definition) is 2. The van der Waals surface area contributed by atoms with Crippen molar-refractivity contribution in [3.63, 3.8) is 0 Å². The normalized spacial score (nSPS) is 22.4. The van der Waals surface area contributed by atoms with Crippen LogP contribution >= 0.6 is 11.6 Å². The number of nitrogens with one attached hydrogen (secondary N) is 1. The van der Waals surface area contributed by atoms with Gasteiger partial charge in [-0.2, -0.15) is 0 Å². The second-order valence-corrected chi connectivity index (χ2v) is 5.15. The lowest BCUT2D eigenvalue weighted by Gasteiger charge is -2.18. The lowest BCUT2D eigenvalue weighted by Crippen LogP contribution is -2.22. The van der Waals surface area contributed by atoms with Crippen molar-refractivity contribution in [2.75, 3.05) is 18.5 Å². The molecule has 2 atom stereocenters. The number of carboxylic acids is 1.